The summed E-state index contributed by atoms with van der Waals surface area (Å²) in [7, 11) is 0. The van der Waals surface area contributed by atoms with E-state index >= 15 is 0 Å². The fourth-order valence-corrected chi connectivity index (χ4v) is 3.07. The van der Waals surface area contributed by atoms with E-state index in [1.165, 1.54) is 5.56 Å². The Labute approximate surface area is 135 Å². The third kappa shape index (κ3) is 3.39. The molecule has 116 valence electrons. The van der Waals surface area contributed by atoms with Gasteiger partial charge in [-0.15, -0.1) is 0 Å². The predicted molar refractivity (Wildman–Crippen MR) is 88.4 cm³/mol. The second kappa shape index (κ2) is 6.63. The van der Waals surface area contributed by atoms with Gasteiger partial charge in [0.2, 0.25) is 0 Å². The molecule has 0 radical (unpaired) electrons. The molecule has 1 aliphatic rings. The van der Waals surface area contributed by atoms with Crippen molar-refractivity contribution in [2.45, 2.75) is 25.2 Å². The van der Waals surface area contributed by atoms with Gasteiger partial charge in [0.15, 0.2) is 0 Å². The number of anilines is 1. The molecule has 22 heavy (non-hydrogen) atoms. The van der Waals surface area contributed by atoms with Gasteiger partial charge >= 0.3 is 0 Å². The fraction of sp³-hybridized carbons (Fsp3) is 0.412. The van der Waals surface area contributed by atoms with Crippen LogP contribution in [0.1, 0.15) is 24.1 Å². The molecule has 2 aromatic rings. The first-order valence-corrected chi connectivity index (χ1v) is 7.92. The van der Waals surface area contributed by atoms with Gasteiger partial charge in [0.25, 0.3) is 0 Å². The maximum Gasteiger partial charge on any atom is 0.144 e. The SMILES string of the molecule is Cc1cncc(NCC2(c3ccc(Cl)cc3)CCOCC2)n1. The van der Waals surface area contributed by atoms with Crippen molar-refractivity contribution in [3.63, 3.8) is 0 Å². The number of ether oxygens (including phenoxy) is 1. The molecule has 1 fully saturated rings. The summed E-state index contributed by atoms with van der Waals surface area (Å²) in [6.07, 6.45) is 5.50. The molecular formula is C17H20ClN3O. The van der Waals surface area contributed by atoms with Crippen molar-refractivity contribution in [3.05, 3.63) is 52.9 Å². The molecule has 5 heteroatoms. The molecule has 0 saturated carbocycles. The Balaban J connectivity index is 1.81. The van der Waals surface area contributed by atoms with E-state index in [4.69, 9.17) is 16.3 Å². The number of nitrogens with one attached hydrogen (secondary N) is 1. The molecule has 0 spiro atoms. The molecular weight excluding hydrogens is 298 g/mol. The van der Waals surface area contributed by atoms with Gasteiger partial charge in [-0.25, -0.2) is 4.98 Å². The summed E-state index contributed by atoms with van der Waals surface area (Å²) in [6.45, 7) is 4.32. The molecule has 0 bridgehead atoms. The van der Waals surface area contributed by atoms with Crippen LogP contribution in [0.3, 0.4) is 0 Å². The number of benzene rings is 1. The normalized spacial score (nSPS) is 17.2. The minimum absolute atomic E-state index is 0.0499. The lowest BCUT2D eigenvalue weighted by atomic mass is 9.74. The van der Waals surface area contributed by atoms with E-state index in [-0.39, 0.29) is 5.41 Å². The average molecular weight is 318 g/mol. The average Bonchev–Trinajstić information content (AvgIpc) is 2.55. The number of hydrogen-bond donors (Lipinski definition) is 1. The van der Waals surface area contributed by atoms with E-state index < -0.39 is 0 Å². The van der Waals surface area contributed by atoms with E-state index in [9.17, 15) is 0 Å². The third-order valence-electron chi connectivity index (χ3n) is 4.27. The second-order valence-corrected chi connectivity index (χ2v) is 6.24. The molecule has 4 nitrogen and oxygen atoms in total. The van der Waals surface area contributed by atoms with Gasteiger partial charge in [-0.05, 0) is 37.5 Å². The van der Waals surface area contributed by atoms with E-state index in [1.54, 1.807) is 12.4 Å². The van der Waals surface area contributed by atoms with Crippen LogP contribution in [-0.4, -0.2) is 29.7 Å². The van der Waals surface area contributed by atoms with Crippen LogP contribution in [0.25, 0.3) is 0 Å². The van der Waals surface area contributed by atoms with E-state index in [0.717, 1.165) is 49.1 Å². The summed E-state index contributed by atoms with van der Waals surface area (Å²) >= 11 is 6.03. The monoisotopic (exact) mass is 317 g/mol. The summed E-state index contributed by atoms with van der Waals surface area (Å²) < 4.78 is 5.56. The number of hydrogen-bond acceptors (Lipinski definition) is 4. The van der Waals surface area contributed by atoms with Crippen molar-refractivity contribution in [2.75, 3.05) is 25.1 Å². The number of aromatic nitrogens is 2. The highest BCUT2D eigenvalue weighted by atomic mass is 35.5. The summed E-state index contributed by atoms with van der Waals surface area (Å²) in [5.74, 6) is 0.819. The number of rotatable bonds is 4. The quantitative estimate of drug-likeness (QED) is 0.936. The number of nitrogens with zero attached hydrogens (tertiary/aromatic N) is 2. The number of aryl methyl sites for hydroxylation is 1. The smallest absolute Gasteiger partial charge is 0.144 e. The minimum Gasteiger partial charge on any atom is -0.381 e. The van der Waals surface area contributed by atoms with E-state index in [1.807, 2.05) is 19.1 Å². The Kier molecular flexibility index (Phi) is 4.60. The van der Waals surface area contributed by atoms with Crippen molar-refractivity contribution in [3.8, 4) is 0 Å². The zero-order valence-corrected chi connectivity index (χ0v) is 13.4. The molecule has 0 unspecified atom stereocenters. The highest BCUT2D eigenvalue weighted by molar-refractivity contribution is 6.30. The largest absolute Gasteiger partial charge is 0.381 e. The van der Waals surface area contributed by atoms with Gasteiger partial charge in [0.1, 0.15) is 5.82 Å². The third-order valence-corrected chi connectivity index (χ3v) is 4.52. The molecule has 2 heterocycles. The van der Waals surface area contributed by atoms with Crippen molar-refractivity contribution >= 4 is 17.4 Å². The van der Waals surface area contributed by atoms with Gasteiger partial charge in [0.05, 0.1) is 11.9 Å². The van der Waals surface area contributed by atoms with Crippen molar-refractivity contribution in [2.24, 2.45) is 0 Å². The lowest BCUT2D eigenvalue weighted by molar-refractivity contribution is 0.0543. The van der Waals surface area contributed by atoms with Crippen LogP contribution in [0.4, 0.5) is 5.82 Å². The molecule has 0 aliphatic carbocycles. The summed E-state index contributed by atoms with van der Waals surface area (Å²) in [6, 6.07) is 8.16. The van der Waals surface area contributed by atoms with Gasteiger partial charge in [0, 0.05) is 36.4 Å². The van der Waals surface area contributed by atoms with Gasteiger partial charge in [-0.2, -0.15) is 0 Å². The minimum atomic E-state index is 0.0499. The topological polar surface area (TPSA) is 47.0 Å². The molecule has 0 amide bonds. The molecule has 1 aromatic carbocycles. The van der Waals surface area contributed by atoms with Gasteiger partial charge in [-0.3, -0.25) is 4.98 Å². The highest BCUT2D eigenvalue weighted by Crippen LogP contribution is 2.35. The van der Waals surface area contributed by atoms with Crippen molar-refractivity contribution in [1.82, 2.24) is 9.97 Å². The first kappa shape index (κ1) is 15.3. The molecule has 1 N–H and O–H groups in total. The Morgan fingerprint density at radius 2 is 1.91 bits per heavy atom. The van der Waals surface area contributed by atoms with Crippen molar-refractivity contribution in [1.29, 1.82) is 0 Å². The van der Waals surface area contributed by atoms with Crippen LogP contribution in [0.15, 0.2) is 36.7 Å². The lowest BCUT2D eigenvalue weighted by Crippen LogP contribution is -2.40. The van der Waals surface area contributed by atoms with Crippen LogP contribution in [0.2, 0.25) is 5.02 Å². The second-order valence-electron chi connectivity index (χ2n) is 5.80. The van der Waals surface area contributed by atoms with Gasteiger partial charge in [-0.1, -0.05) is 23.7 Å². The molecule has 3 rings (SSSR count). The maximum atomic E-state index is 6.03. The maximum absolute atomic E-state index is 6.03. The van der Waals surface area contributed by atoms with Crippen LogP contribution < -0.4 is 5.32 Å². The molecule has 1 aromatic heterocycles. The van der Waals surface area contributed by atoms with Crippen LogP contribution in [-0.2, 0) is 10.2 Å². The Bertz CT molecular complexity index is 624. The van der Waals surface area contributed by atoms with Gasteiger partial charge < -0.3 is 10.1 Å². The first-order valence-electron chi connectivity index (χ1n) is 7.54. The number of halogens is 1. The van der Waals surface area contributed by atoms with Crippen LogP contribution >= 0.6 is 11.6 Å². The van der Waals surface area contributed by atoms with Crippen LogP contribution in [0.5, 0.6) is 0 Å². The molecule has 0 atom stereocenters. The van der Waals surface area contributed by atoms with Crippen molar-refractivity contribution < 1.29 is 4.74 Å². The Morgan fingerprint density at radius 1 is 1.18 bits per heavy atom. The zero-order valence-electron chi connectivity index (χ0n) is 12.7. The predicted octanol–water partition coefficient (Wildman–Crippen LogP) is 3.60. The summed E-state index contributed by atoms with van der Waals surface area (Å²) in [5.41, 5.74) is 2.26. The zero-order chi connectivity index (χ0) is 15.4. The van der Waals surface area contributed by atoms with Crippen LogP contribution in [0, 0.1) is 6.92 Å². The molecule has 1 saturated heterocycles. The molecule has 1 aliphatic heterocycles. The summed E-state index contributed by atoms with van der Waals surface area (Å²) in [4.78, 5) is 8.66. The standard InChI is InChI=1S/C17H20ClN3O/c1-13-10-19-11-16(21-13)20-12-17(6-8-22-9-7-17)14-2-4-15(18)5-3-14/h2-5,10-11H,6-9,12H2,1H3,(H,20,21). The highest BCUT2D eigenvalue weighted by Gasteiger charge is 2.34. The van der Waals surface area contributed by atoms with E-state index in [2.05, 4.69) is 27.4 Å². The first-order chi connectivity index (χ1) is 10.7. The lowest BCUT2D eigenvalue weighted by Gasteiger charge is -2.38. The Hall–Kier alpha value is -1.65. The summed E-state index contributed by atoms with van der Waals surface area (Å²) in [5, 5.41) is 4.21. The fourth-order valence-electron chi connectivity index (χ4n) is 2.94. The Morgan fingerprint density at radius 3 is 2.59 bits per heavy atom. The van der Waals surface area contributed by atoms with E-state index in [0.29, 0.717) is 0 Å².